The summed E-state index contributed by atoms with van der Waals surface area (Å²) in [7, 11) is 0. The Bertz CT molecular complexity index is 418. The van der Waals surface area contributed by atoms with Gasteiger partial charge in [0.05, 0.1) is 0 Å². The highest BCUT2D eigenvalue weighted by Crippen LogP contribution is 2.07. The highest BCUT2D eigenvalue weighted by atomic mass is 16.1. The summed E-state index contributed by atoms with van der Waals surface area (Å²) in [5.41, 5.74) is 3.50. The van der Waals surface area contributed by atoms with Crippen LogP contribution in [0.3, 0.4) is 0 Å². The standard InChI is InChI=1S/C14H17NO/c1-11-8-12(2)10-14(9-11)6-4-5-7-15-13(3)16/h8-10H,5,7H2,1-3H3,(H,15,16). The topological polar surface area (TPSA) is 29.1 Å². The molecule has 16 heavy (non-hydrogen) atoms. The monoisotopic (exact) mass is 215 g/mol. The van der Waals surface area contributed by atoms with Crippen molar-refractivity contribution >= 4 is 5.91 Å². The van der Waals surface area contributed by atoms with E-state index in [4.69, 9.17) is 0 Å². The van der Waals surface area contributed by atoms with Crippen molar-refractivity contribution in [2.45, 2.75) is 27.2 Å². The molecule has 0 radical (unpaired) electrons. The van der Waals surface area contributed by atoms with Crippen LogP contribution in [0.1, 0.15) is 30.0 Å². The molecule has 0 heterocycles. The van der Waals surface area contributed by atoms with Crippen LogP contribution in [0.15, 0.2) is 18.2 Å². The molecule has 0 atom stereocenters. The Morgan fingerprint density at radius 3 is 2.44 bits per heavy atom. The Morgan fingerprint density at radius 2 is 1.88 bits per heavy atom. The Kier molecular flexibility index (Phi) is 4.60. The zero-order valence-electron chi connectivity index (χ0n) is 10.1. The molecule has 0 aliphatic carbocycles. The Morgan fingerprint density at radius 1 is 1.25 bits per heavy atom. The van der Waals surface area contributed by atoms with Gasteiger partial charge in [-0.05, 0) is 37.1 Å². The number of benzene rings is 1. The fourth-order valence-electron chi connectivity index (χ4n) is 1.51. The van der Waals surface area contributed by atoms with Crippen LogP contribution < -0.4 is 5.32 Å². The molecule has 0 fully saturated rings. The summed E-state index contributed by atoms with van der Waals surface area (Å²) in [5.74, 6) is 6.14. The maximum atomic E-state index is 10.6. The molecule has 1 amide bonds. The van der Waals surface area contributed by atoms with E-state index in [-0.39, 0.29) is 5.91 Å². The first-order chi connectivity index (χ1) is 7.58. The van der Waals surface area contributed by atoms with Crippen molar-refractivity contribution in [1.82, 2.24) is 5.32 Å². The Balaban J connectivity index is 2.53. The van der Waals surface area contributed by atoms with E-state index >= 15 is 0 Å². The summed E-state index contributed by atoms with van der Waals surface area (Å²) in [6.07, 6.45) is 0.687. The van der Waals surface area contributed by atoms with Crippen LogP contribution in [0, 0.1) is 25.7 Å². The zero-order valence-corrected chi connectivity index (χ0v) is 10.1. The number of rotatable bonds is 2. The molecule has 1 aromatic carbocycles. The van der Waals surface area contributed by atoms with Crippen molar-refractivity contribution in [2.75, 3.05) is 6.54 Å². The highest BCUT2D eigenvalue weighted by Gasteiger charge is 1.91. The molecule has 1 aromatic rings. The van der Waals surface area contributed by atoms with Crippen molar-refractivity contribution in [2.24, 2.45) is 0 Å². The second-order valence-corrected chi connectivity index (χ2v) is 3.91. The molecule has 0 unspecified atom stereocenters. The molecule has 0 aromatic heterocycles. The predicted molar refractivity (Wildman–Crippen MR) is 66.1 cm³/mol. The van der Waals surface area contributed by atoms with E-state index in [9.17, 15) is 4.79 Å². The minimum absolute atomic E-state index is 0.00630. The minimum Gasteiger partial charge on any atom is -0.355 e. The quantitative estimate of drug-likeness (QED) is 0.594. The van der Waals surface area contributed by atoms with E-state index in [2.05, 4.69) is 49.2 Å². The number of carbonyl (C=O) groups is 1. The Hall–Kier alpha value is -1.75. The minimum atomic E-state index is -0.00630. The molecule has 0 saturated heterocycles. The number of carbonyl (C=O) groups excluding carboxylic acids is 1. The first-order valence-corrected chi connectivity index (χ1v) is 5.39. The number of nitrogens with one attached hydrogen (secondary N) is 1. The lowest BCUT2D eigenvalue weighted by Gasteiger charge is -1.98. The van der Waals surface area contributed by atoms with E-state index < -0.39 is 0 Å². The lowest BCUT2D eigenvalue weighted by atomic mass is 10.1. The van der Waals surface area contributed by atoms with Gasteiger partial charge in [-0.2, -0.15) is 0 Å². The maximum Gasteiger partial charge on any atom is 0.216 e. The van der Waals surface area contributed by atoms with Gasteiger partial charge in [0.2, 0.25) is 5.91 Å². The summed E-state index contributed by atoms with van der Waals surface area (Å²) in [6.45, 7) is 6.26. The average molecular weight is 215 g/mol. The van der Waals surface area contributed by atoms with Crippen molar-refractivity contribution < 1.29 is 4.79 Å². The SMILES string of the molecule is CC(=O)NCCC#Cc1cc(C)cc(C)c1. The summed E-state index contributed by atoms with van der Waals surface area (Å²) in [5, 5.41) is 2.71. The number of amides is 1. The third-order valence-electron chi connectivity index (χ3n) is 2.08. The molecule has 2 nitrogen and oxygen atoms in total. The van der Waals surface area contributed by atoms with Crippen LogP contribution >= 0.6 is 0 Å². The van der Waals surface area contributed by atoms with Gasteiger partial charge in [0.1, 0.15) is 0 Å². The molecule has 1 rings (SSSR count). The molecule has 0 saturated carbocycles. The van der Waals surface area contributed by atoms with E-state index in [0.717, 1.165) is 5.56 Å². The van der Waals surface area contributed by atoms with Gasteiger partial charge in [-0.25, -0.2) is 0 Å². The number of hydrogen-bond donors (Lipinski definition) is 1. The highest BCUT2D eigenvalue weighted by molar-refractivity contribution is 5.72. The number of aryl methyl sites for hydroxylation is 2. The lowest BCUT2D eigenvalue weighted by molar-refractivity contribution is -0.118. The van der Waals surface area contributed by atoms with Gasteiger partial charge < -0.3 is 5.32 Å². The Labute approximate surface area is 97.1 Å². The summed E-state index contributed by atoms with van der Waals surface area (Å²) in [6, 6.07) is 6.26. The third kappa shape index (κ3) is 4.65. The van der Waals surface area contributed by atoms with E-state index in [1.165, 1.54) is 18.1 Å². The smallest absolute Gasteiger partial charge is 0.216 e. The van der Waals surface area contributed by atoms with Gasteiger partial charge in [-0.1, -0.05) is 17.9 Å². The summed E-state index contributed by atoms with van der Waals surface area (Å²) in [4.78, 5) is 10.6. The second-order valence-electron chi connectivity index (χ2n) is 3.91. The van der Waals surface area contributed by atoms with Crippen LogP contribution in [-0.4, -0.2) is 12.5 Å². The zero-order chi connectivity index (χ0) is 12.0. The van der Waals surface area contributed by atoms with Gasteiger partial charge in [0.25, 0.3) is 0 Å². The van der Waals surface area contributed by atoms with Crippen molar-refractivity contribution in [3.05, 3.63) is 34.9 Å². The van der Waals surface area contributed by atoms with Crippen LogP contribution in [0.5, 0.6) is 0 Å². The maximum absolute atomic E-state index is 10.6. The van der Waals surface area contributed by atoms with E-state index in [1.54, 1.807) is 0 Å². The second kappa shape index (κ2) is 5.97. The summed E-state index contributed by atoms with van der Waals surface area (Å²) < 4.78 is 0. The fourth-order valence-corrected chi connectivity index (χ4v) is 1.51. The molecule has 84 valence electrons. The van der Waals surface area contributed by atoms with E-state index in [1.807, 2.05) is 0 Å². The van der Waals surface area contributed by atoms with Crippen molar-refractivity contribution in [3.63, 3.8) is 0 Å². The van der Waals surface area contributed by atoms with Gasteiger partial charge >= 0.3 is 0 Å². The van der Waals surface area contributed by atoms with Gasteiger partial charge in [0.15, 0.2) is 0 Å². The normalized spacial score (nSPS) is 9.19. The molecule has 0 spiro atoms. The van der Waals surface area contributed by atoms with Crippen LogP contribution in [0.2, 0.25) is 0 Å². The first kappa shape index (κ1) is 12.3. The van der Waals surface area contributed by atoms with Crippen molar-refractivity contribution in [1.29, 1.82) is 0 Å². The first-order valence-electron chi connectivity index (χ1n) is 5.39. The molecule has 0 aliphatic rings. The molecule has 0 bridgehead atoms. The molecule has 1 N–H and O–H groups in total. The average Bonchev–Trinajstić information content (AvgIpc) is 2.15. The fraction of sp³-hybridized carbons (Fsp3) is 0.357. The van der Waals surface area contributed by atoms with Crippen LogP contribution in [0.25, 0.3) is 0 Å². The molecular formula is C14H17NO. The summed E-state index contributed by atoms with van der Waals surface area (Å²) >= 11 is 0. The third-order valence-corrected chi connectivity index (χ3v) is 2.08. The van der Waals surface area contributed by atoms with Gasteiger partial charge in [-0.3, -0.25) is 4.79 Å². The van der Waals surface area contributed by atoms with Crippen LogP contribution in [-0.2, 0) is 4.79 Å². The van der Waals surface area contributed by atoms with Crippen molar-refractivity contribution in [3.8, 4) is 11.8 Å². The largest absolute Gasteiger partial charge is 0.355 e. The molecule has 2 heteroatoms. The van der Waals surface area contributed by atoms with Crippen LogP contribution in [0.4, 0.5) is 0 Å². The lowest BCUT2D eigenvalue weighted by Crippen LogP contribution is -2.20. The number of hydrogen-bond acceptors (Lipinski definition) is 1. The van der Waals surface area contributed by atoms with E-state index in [0.29, 0.717) is 13.0 Å². The van der Waals surface area contributed by atoms with Gasteiger partial charge in [-0.15, -0.1) is 0 Å². The van der Waals surface area contributed by atoms with Gasteiger partial charge in [0, 0.05) is 25.5 Å². The molecular weight excluding hydrogens is 198 g/mol. The molecule has 0 aliphatic heterocycles. The predicted octanol–water partition coefficient (Wildman–Crippen LogP) is 2.18.